The zero-order chi connectivity index (χ0) is 16.9. The third-order valence-corrected chi connectivity index (χ3v) is 2.95. The molecular formula is C18H20N2O3. The molecule has 0 saturated carbocycles. The van der Waals surface area contributed by atoms with Gasteiger partial charge in [-0.05, 0) is 32.9 Å². The highest BCUT2D eigenvalue weighted by Gasteiger charge is 2.16. The van der Waals surface area contributed by atoms with Crippen LogP contribution in [0.4, 0.5) is 10.5 Å². The summed E-state index contributed by atoms with van der Waals surface area (Å²) < 4.78 is 5.20. The normalized spacial score (nSPS) is 11.9. The average Bonchev–Trinajstić information content (AvgIpc) is 2.49. The maximum Gasteiger partial charge on any atom is 0.412 e. The second-order valence-corrected chi connectivity index (χ2v) is 6.02. The molecule has 2 N–H and O–H groups in total. The van der Waals surface area contributed by atoms with Crippen molar-refractivity contribution < 1.29 is 14.7 Å². The summed E-state index contributed by atoms with van der Waals surface area (Å²) in [4.78, 5) is 11.7. The fraction of sp³-hybridized carbons (Fsp3) is 0.222. The first-order chi connectivity index (χ1) is 10.9. The Morgan fingerprint density at radius 1 is 1.00 bits per heavy atom. The Balaban J connectivity index is 2.12. The fourth-order valence-electron chi connectivity index (χ4n) is 2.01. The first-order valence-electron chi connectivity index (χ1n) is 7.27. The maximum absolute atomic E-state index is 11.7. The number of benzene rings is 2. The van der Waals surface area contributed by atoms with Crippen LogP contribution in [0.25, 0.3) is 0 Å². The van der Waals surface area contributed by atoms with Crippen LogP contribution < -0.4 is 5.32 Å². The van der Waals surface area contributed by atoms with E-state index >= 15 is 0 Å². The van der Waals surface area contributed by atoms with Crippen molar-refractivity contribution in [3.8, 4) is 0 Å². The molecule has 2 aromatic rings. The number of anilines is 1. The Morgan fingerprint density at radius 2 is 1.57 bits per heavy atom. The topological polar surface area (TPSA) is 70.9 Å². The Labute approximate surface area is 135 Å². The van der Waals surface area contributed by atoms with Crippen LogP contribution in [-0.4, -0.2) is 22.6 Å². The average molecular weight is 312 g/mol. The first kappa shape index (κ1) is 16.5. The smallest absolute Gasteiger partial charge is 0.412 e. The van der Waals surface area contributed by atoms with Gasteiger partial charge in [0.25, 0.3) is 0 Å². The van der Waals surface area contributed by atoms with Gasteiger partial charge in [-0.15, -0.1) is 0 Å². The molecule has 0 unspecified atom stereocenters. The summed E-state index contributed by atoms with van der Waals surface area (Å²) in [6.45, 7) is 5.42. The Morgan fingerprint density at radius 3 is 2.09 bits per heavy atom. The molecule has 0 aliphatic heterocycles. The molecule has 0 aliphatic carbocycles. The Bertz CT molecular complexity index is 686. The van der Waals surface area contributed by atoms with Gasteiger partial charge < -0.3 is 9.94 Å². The molecule has 2 rings (SSSR count). The van der Waals surface area contributed by atoms with Crippen molar-refractivity contribution in [3.63, 3.8) is 0 Å². The lowest BCUT2D eigenvalue weighted by Crippen LogP contribution is -2.27. The number of nitrogens with zero attached hydrogens (tertiary/aromatic N) is 1. The lowest BCUT2D eigenvalue weighted by molar-refractivity contribution is 0.0636. The number of ether oxygens (including phenoxy) is 1. The predicted octanol–water partition coefficient (Wildman–Crippen LogP) is 4.26. The summed E-state index contributed by atoms with van der Waals surface area (Å²) in [6.07, 6.45) is -0.510. The number of hydrogen-bond acceptors (Lipinski definition) is 4. The molecule has 0 radical (unpaired) electrons. The van der Waals surface area contributed by atoms with Crippen molar-refractivity contribution in [1.82, 2.24) is 0 Å². The second kappa shape index (κ2) is 6.96. The number of carbonyl (C=O) groups is 1. The number of carbonyl (C=O) groups excluding carboxylic acids is 1. The van der Waals surface area contributed by atoms with Crippen molar-refractivity contribution in [2.75, 3.05) is 5.32 Å². The Hall–Kier alpha value is -2.82. The van der Waals surface area contributed by atoms with Gasteiger partial charge in [-0.25, -0.2) is 4.79 Å². The molecule has 0 aliphatic rings. The van der Waals surface area contributed by atoms with Crippen molar-refractivity contribution in [2.24, 2.45) is 5.16 Å². The van der Waals surface area contributed by atoms with Crippen LogP contribution >= 0.6 is 0 Å². The molecule has 5 heteroatoms. The molecule has 120 valence electrons. The molecule has 0 bridgehead atoms. The highest BCUT2D eigenvalue weighted by molar-refractivity contribution is 6.12. The fourth-order valence-corrected chi connectivity index (χ4v) is 2.01. The molecular weight excluding hydrogens is 292 g/mol. The van der Waals surface area contributed by atoms with E-state index in [1.807, 2.05) is 30.3 Å². The largest absolute Gasteiger partial charge is 0.444 e. The number of oxime groups is 1. The van der Waals surface area contributed by atoms with Crippen LogP contribution in [-0.2, 0) is 4.74 Å². The van der Waals surface area contributed by atoms with E-state index in [-0.39, 0.29) is 0 Å². The highest BCUT2D eigenvalue weighted by atomic mass is 16.6. The van der Waals surface area contributed by atoms with Gasteiger partial charge in [-0.2, -0.15) is 0 Å². The maximum atomic E-state index is 11.7. The highest BCUT2D eigenvalue weighted by Crippen LogP contribution is 2.16. The van der Waals surface area contributed by atoms with E-state index in [9.17, 15) is 10.0 Å². The van der Waals surface area contributed by atoms with E-state index < -0.39 is 11.7 Å². The molecule has 1 amide bonds. The predicted molar refractivity (Wildman–Crippen MR) is 90.2 cm³/mol. The van der Waals surface area contributed by atoms with Gasteiger partial charge in [0, 0.05) is 16.8 Å². The monoisotopic (exact) mass is 312 g/mol. The molecule has 0 atom stereocenters. The molecule has 0 spiro atoms. The number of nitrogens with one attached hydrogen (secondary N) is 1. The van der Waals surface area contributed by atoms with Gasteiger partial charge in [-0.3, -0.25) is 5.32 Å². The van der Waals surface area contributed by atoms with E-state index in [2.05, 4.69) is 10.5 Å². The van der Waals surface area contributed by atoms with Crippen molar-refractivity contribution >= 4 is 17.5 Å². The van der Waals surface area contributed by atoms with Gasteiger partial charge in [0.2, 0.25) is 0 Å². The molecule has 5 nitrogen and oxygen atoms in total. The van der Waals surface area contributed by atoms with Crippen LogP contribution in [0.3, 0.4) is 0 Å². The van der Waals surface area contributed by atoms with E-state index in [0.29, 0.717) is 11.4 Å². The Kier molecular flexibility index (Phi) is 5.01. The van der Waals surface area contributed by atoms with Gasteiger partial charge in [-0.1, -0.05) is 47.6 Å². The van der Waals surface area contributed by atoms with E-state index in [1.54, 1.807) is 45.0 Å². The minimum absolute atomic E-state index is 0.467. The van der Waals surface area contributed by atoms with Crippen LogP contribution in [0.15, 0.2) is 59.8 Å². The third-order valence-electron chi connectivity index (χ3n) is 2.95. The molecule has 0 fully saturated rings. The summed E-state index contributed by atoms with van der Waals surface area (Å²) >= 11 is 0. The van der Waals surface area contributed by atoms with Gasteiger partial charge in [0.15, 0.2) is 0 Å². The molecule has 0 saturated heterocycles. The lowest BCUT2D eigenvalue weighted by Gasteiger charge is -2.19. The molecule has 23 heavy (non-hydrogen) atoms. The van der Waals surface area contributed by atoms with E-state index in [0.717, 1.165) is 11.1 Å². The quantitative estimate of drug-likeness (QED) is 0.505. The lowest BCUT2D eigenvalue weighted by atomic mass is 10.0. The van der Waals surface area contributed by atoms with Gasteiger partial charge in [0.05, 0.1) is 0 Å². The summed E-state index contributed by atoms with van der Waals surface area (Å²) in [7, 11) is 0. The summed E-state index contributed by atoms with van der Waals surface area (Å²) in [5, 5.41) is 15.3. The zero-order valence-corrected chi connectivity index (χ0v) is 13.4. The summed E-state index contributed by atoms with van der Waals surface area (Å²) in [6, 6.07) is 16.4. The van der Waals surface area contributed by atoms with Crippen molar-refractivity contribution in [1.29, 1.82) is 0 Å². The van der Waals surface area contributed by atoms with Crippen LogP contribution in [0.1, 0.15) is 31.9 Å². The zero-order valence-electron chi connectivity index (χ0n) is 13.4. The molecule has 0 aromatic heterocycles. The van der Waals surface area contributed by atoms with Gasteiger partial charge in [0.1, 0.15) is 11.3 Å². The van der Waals surface area contributed by atoms with Crippen LogP contribution in [0.5, 0.6) is 0 Å². The van der Waals surface area contributed by atoms with E-state index in [4.69, 9.17) is 4.74 Å². The molecule has 0 heterocycles. The summed E-state index contributed by atoms with van der Waals surface area (Å²) in [5.41, 5.74) is 2.08. The number of hydrogen-bond donors (Lipinski definition) is 2. The van der Waals surface area contributed by atoms with Crippen molar-refractivity contribution in [2.45, 2.75) is 26.4 Å². The minimum Gasteiger partial charge on any atom is -0.444 e. The van der Waals surface area contributed by atoms with Crippen molar-refractivity contribution in [3.05, 3.63) is 65.7 Å². The summed E-state index contributed by atoms with van der Waals surface area (Å²) in [5.74, 6) is 0. The third kappa shape index (κ3) is 4.85. The number of rotatable bonds is 3. The minimum atomic E-state index is -0.548. The van der Waals surface area contributed by atoms with Crippen LogP contribution in [0, 0.1) is 0 Å². The molecule has 2 aromatic carbocycles. The number of amides is 1. The second-order valence-electron chi connectivity index (χ2n) is 6.02. The van der Waals surface area contributed by atoms with Gasteiger partial charge >= 0.3 is 6.09 Å². The van der Waals surface area contributed by atoms with Crippen LogP contribution in [0.2, 0.25) is 0 Å². The first-order valence-corrected chi connectivity index (χ1v) is 7.27. The standard InChI is InChI=1S/C18H20N2O3/c1-18(2,3)23-17(21)19-15-11-9-14(10-12-15)16(20-22)13-7-5-4-6-8-13/h4-12,22H,1-3H3,(H,19,21). The SMILES string of the molecule is CC(C)(C)OC(=O)Nc1ccc(C(=NO)c2ccccc2)cc1. The van der Waals surface area contributed by atoms with E-state index in [1.165, 1.54) is 0 Å².